The maximum Gasteiger partial charge on any atom is 0.416 e. The number of fused-ring (bicyclic) bond motifs is 1. The molecular weight excluding hydrogens is 365 g/mol. The first-order chi connectivity index (χ1) is 13.4. The Balaban J connectivity index is 1.57. The van der Waals surface area contributed by atoms with Crippen LogP contribution in [0.3, 0.4) is 0 Å². The molecule has 3 nitrogen and oxygen atoms in total. The summed E-state index contributed by atoms with van der Waals surface area (Å²) in [6, 6.07) is 18.7. The van der Waals surface area contributed by atoms with E-state index < -0.39 is 11.7 Å². The molecule has 4 rings (SSSR count). The summed E-state index contributed by atoms with van der Waals surface area (Å²) in [5.41, 5.74) is 2.95. The van der Waals surface area contributed by atoms with Crippen LogP contribution in [-0.4, -0.2) is 9.78 Å². The van der Waals surface area contributed by atoms with Crippen LogP contribution in [0.1, 0.15) is 11.1 Å². The number of alkyl halides is 3. The topological polar surface area (TPSA) is 27.1 Å². The Kier molecular flexibility index (Phi) is 4.55. The predicted octanol–water partition coefficient (Wildman–Crippen LogP) is 5.84. The molecule has 3 aromatic carbocycles. The zero-order valence-corrected chi connectivity index (χ0v) is 15.1. The van der Waals surface area contributed by atoms with Gasteiger partial charge < -0.3 is 4.74 Å². The first-order valence-corrected chi connectivity index (χ1v) is 8.72. The number of aromatic nitrogens is 2. The number of halogens is 3. The first kappa shape index (κ1) is 18.1. The summed E-state index contributed by atoms with van der Waals surface area (Å²) in [5, 5.41) is 5.28. The summed E-state index contributed by atoms with van der Waals surface area (Å²) in [6.45, 7) is 0.185. The fourth-order valence-corrected chi connectivity index (χ4v) is 3.11. The van der Waals surface area contributed by atoms with Gasteiger partial charge in [-0.2, -0.15) is 18.3 Å². The van der Waals surface area contributed by atoms with Gasteiger partial charge in [0, 0.05) is 18.0 Å². The second-order valence-electron chi connectivity index (χ2n) is 6.52. The van der Waals surface area contributed by atoms with Gasteiger partial charge in [0.05, 0.1) is 17.3 Å². The molecular formula is C22H17F3N2O. The Morgan fingerprint density at radius 1 is 0.964 bits per heavy atom. The zero-order valence-electron chi connectivity index (χ0n) is 15.1. The van der Waals surface area contributed by atoms with Crippen LogP contribution in [-0.2, 0) is 19.8 Å². The average molecular weight is 382 g/mol. The third-order valence-electron chi connectivity index (χ3n) is 4.62. The first-order valence-electron chi connectivity index (χ1n) is 8.72. The number of para-hydroxylation sites is 1. The fraction of sp³-hybridized carbons (Fsp3) is 0.136. The summed E-state index contributed by atoms with van der Waals surface area (Å²) >= 11 is 0. The number of rotatable bonds is 4. The monoisotopic (exact) mass is 382 g/mol. The van der Waals surface area contributed by atoms with E-state index in [4.69, 9.17) is 4.74 Å². The third-order valence-corrected chi connectivity index (χ3v) is 4.62. The van der Waals surface area contributed by atoms with Crippen molar-refractivity contribution in [3.8, 4) is 16.9 Å². The molecule has 4 aromatic rings. The summed E-state index contributed by atoms with van der Waals surface area (Å²) in [6.07, 6.45) is -2.53. The van der Waals surface area contributed by atoms with Gasteiger partial charge in [-0.05, 0) is 41.5 Å². The zero-order chi connectivity index (χ0) is 19.7. The van der Waals surface area contributed by atoms with Gasteiger partial charge >= 0.3 is 6.18 Å². The predicted molar refractivity (Wildman–Crippen MR) is 102 cm³/mol. The summed E-state index contributed by atoms with van der Waals surface area (Å²) in [4.78, 5) is 0. The second kappa shape index (κ2) is 7.03. The fourth-order valence-electron chi connectivity index (χ4n) is 3.11. The smallest absolute Gasteiger partial charge is 0.416 e. The summed E-state index contributed by atoms with van der Waals surface area (Å²) in [7, 11) is 1.89. The Hall–Kier alpha value is -3.28. The van der Waals surface area contributed by atoms with E-state index in [2.05, 4.69) is 5.10 Å². The van der Waals surface area contributed by atoms with E-state index in [1.807, 2.05) is 60.4 Å². The molecule has 0 aliphatic rings. The molecule has 1 heterocycles. The summed E-state index contributed by atoms with van der Waals surface area (Å²) < 4.78 is 45.8. The van der Waals surface area contributed by atoms with Crippen molar-refractivity contribution < 1.29 is 17.9 Å². The lowest BCUT2D eigenvalue weighted by Gasteiger charge is -2.13. The van der Waals surface area contributed by atoms with Crippen LogP contribution in [0.4, 0.5) is 13.2 Å². The van der Waals surface area contributed by atoms with Crippen molar-refractivity contribution in [2.45, 2.75) is 12.8 Å². The standard InChI is InChI=1S/C22H17F3N2O/c1-27-20-11-8-16(12-17(20)13-26-27)19-4-2-3-5-21(19)28-14-15-6-9-18(10-7-15)22(23,24)25/h2-13H,14H2,1H3. The molecule has 0 aliphatic heterocycles. The van der Waals surface area contributed by atoms with Crippen LogP contribution < -0.4 is 4.74 Å². The Morgan fingerprint density at radius 3 is 2.46 bits per heavy atom. The van der Waals surface area contributed by atoms with Gasteiger partial charge in [-0.3, -0.25) is 4.68 Å². The number of hydrogen-bond acceptors (Lipinski definition) is 2. The van der Waals surface area contributed by atoms with Gasteiger partial charge in [0.1, 0.15) is 12.4 Å². The molecule has 0 aliphatic carbocycles. The van der Waals surface area contributed by atoms with Crippen LogP contribution in [0, 0.1) is 0 Å². The molecule has 0 N–H and O–H groups in total. The lowest BCUT2D eigenvalue weighted by atomic mass is 10.0. The van der Waals surface area contributed by atoms with Crippen molar-refractivity contribution in [2.75, 3.05) is 0 Å². The van der Waals surface area contributed by atoms with E-state index >= 15 is 0 Å². The van der Waals surface area contributed by atoms with Crippen LogP contribution >= 0.6 is 0 Å². The van der Waals surface area contributed by atoms with Crippen molar-refractivity contribution in [1.29, 1.82) is 0 Å². The number of ether oxygens (including phenoxy) is 1. The normalized spacial score (nSPS) is 11.7. The lowest BCUT2D eigenvalue weighted by Crippen LogP contribution is -2.05. The molecule has 0 spiro atoms. The number of aryl methyl sites for hydroxylation is 1. The second-order valence-corrected chi connectivity index (χ2v) is 6.52. The minimum absolute atomic E-state index is 0.185. The Morgan fingerprint density at radius 2 is 1.71 bits per heavy atom. The SMILES string of the molecule is Cn1ncc2cc(-c3ccccc3OCc3ccc(C(F)(F)F)cc3)ccc21. The number of hydrogen-bond donors (Lipinski definition) is 0. The molecule has 0 saturated carbocycles. The lowest BCUT2D eigenvalue weighted by molar-refractivity contribution is -0.137. The van der Waals surface area contributed by atoms with E-state index in [-0.39, 0.29) is 6.61 Å². The molecule has 0 bridgehead atoms. The van der Waals surface area contributed by atoms with E-state index in [0.29, 0.717) is 11.3 Å². The highest BCUT2D eigenvalue weighted by molar-refractivity contribution is 5.85. The molecule has 28 heavy (non-hydrogen) atoms. The van der Waals surface area contributed by atoms with E-state index in [9.17, 15) is 13.2 Å². The van der Waals surface area contributed by atoms with Gasteiger partial charge in [0.25, 0.3) is 0 Å². The van der Waals surface area contributed by atoms with Crippen molar-refractivity contribution in [3.05, 3.63) is 84.1 Å². The number of nitrogens with zero attached hydrogens (tertiary/aromatic N) is 2. The molecule has 0 atom stereocenters. The minimum atomic E-state index is -4.34. The van der Waals surface area contributed by atoms with E-state index in [1.165, 1.54) is 12.1 Å². The summed E-state index contributed by atoms with van der Waals surface area (Å²) in [5.74, 6) is 0.672. The highest BCUT2D eigenvalue weighted by Crippen LogP contribution is 2.33. The molecule has 6 heteroatoms. The van der Waals surface area contributed by atoms with Gasteiger partial charge in [-0.15, -0.1) is 0 Å². The maximum atomic E-state index is 12.7. The van der Waals surface area contributed by atoms with Gasteiger partial charge in [0.2, 0.25) is 0 Å². The minimum Gasteiger partial charge on any atom is -0.488 e. The molecule has 0 amide bonds. The molecule has 142 valence electrons. The van der Waals surface area contributed by atoms with Gasteiger partial charge in [-0.25, -0.2) is 0 Å². The third kappa shape index (κ3) is 3.58. The largest absolute Gasteiger partial charge is 0.488 e. The molecule has 0 radical (unpaired) electrons. The average Bonchev–Trinajstić information content (AvgIpc) is 3.06. The molecule has 1 aromatic heterocycles. The van der Waals surface area contributed by atoms with E-state index in [1.54, 1.807) is 0 Å². The van der Waals surface area contributed by atoms with Crippen molar-refractivity contribution in [3.63, 3.8) is 0 Å². The van der Waals surface area contributed by atoms with E-state index in [0.717, 1.165) is 34.2 Å². The highest BCUT2D eigenvalue weighted by Gasteiger charge is 2.29. The molecule has 0 fully saturated rings. The van der Waals surface area contributed by atoms with Crippen LogP contribution in [0.25, 0.3) is 22.0 Å². The Bertz CT molecular complexity index is 1110. The van der Waals surface area contributed by atoms with Gasteiger partial charge in [-0.1, -0.05) is 36.4 Å². The van der Waals surface area contributed by atoms with Crippen LogP contribution in [0.2, 0.25) is 0 Å². The highest BCUT2D eigenvalue weighted by atomic mass is 19.4. The quantitative estimate of drug-likeness (QED) is 0.443. The van der Waals surface area contributed by atoms with Crippen molar-refractivity contribution in [1.82, 2.24) is 9.78 Å². The Labute approximate surface area is 160 Å². The molecule has 0 unspecified atom stereocenters. The van der Waals surface area contributed by atoms with Crippen molar-refractivity contribution >= 4 is 10.9 Å². The van der Waals surface area contributed by atoms with Crippen LogP contribution in [0.5, 0.6) is 5.75 Å². The number of benzene rings is 3. The molecule has 0 saturated heterocycles. The van der Waals surface area contributed by atoms with Gasteiger partial charge in [0.15, 0.2) is 0 Å². The maximum absolute atomic E-state index is 12.7. The van der Waals surface area contributed by atoms with Crippen molar-refractivity contribution in [2.24, 2.45) is 7.05 Å². The van der Waals surface area contributed by atoms with Crippen LogP contribution in [0.15, 0.2) is 72.9 Å².